The lowest BCUT2D eigenvalue weighted by molar-refractivity contribution is 0.0760. The van der Waals surface area contributed by atoms with Crippen LogP contribution >= 0.6 is 23.1 Å². The maximum Gasteiger partial charge on any atom is 0.253 e. The van der Waals surface area contributed by atoms with E-state index in [1.807, 2.05) is 31.0 Å². The van der Waals surface area contributed by atoms with Crippen molar-refractivity contribution in [2.75, 3.05) is 13.6 Å². The second kappa shape index (κ2) is 8.86. The Labute approximate surface area is 158 Å². The van der Waals surface area contributed by atoms with Crippen molar-refractivity contribution < 1.29 is 4.79 Å². The highest BCUT2D eigenvalue weighted by molar-refractivity contribution is 8.00. The Morgan fingerprint density at radius 1 is 1.24 bits per heavy atom. The number of nitrogens with zero attached hydrogens (tertiary/aromatic N) is 2. The number of thiazole rings is 1. The second-order valence-electron chi connectivity index (χ2n) is 6.93. The molecular weight excluding hydrogens is 348 g/mol. The van der Waals surface area contributed by atoms with Gasteiger partial charge < -0.3 is 4.90 Å². The molecule has 1 amide bonds. The van der Waals surface area contributed by atoms with Crippen molar-refractivity contribution in [3.63, 3.8) is 0 Å². The van der Waals surface area contributed by atoms with Crippen LogP contribution in [0.5, 0.6) is 0 Å². The molecule has 25 heavy (non-hydrogen) atoms. The van der Waals surface area contributed by atoms with Crippen molar-refractivity contribution in [1.29, 1.82) is 0 Å². The molecule has 3 nitrogen and oxygen atoms in total. The van der Waals surface area contributed by atoms with Crippen molar-refractivity contribution in [2.24, 2.45) is 5.92 Å². The van der Waals surface area contributed by atoms with Crippen LogP contribution in [0.3, 0.4) is 0 Å². The predicted molar refractivity (Wildman–Crippen MR) is 106 cm³/mol. The first-order valence-electron chi connectivity index (χ1n) is 9.01. The molecule has 0 radical (unpaired) electrons. The first kappa shape index (κ1) is 18.5. The van der Waals surface area contributed by atoms with Crippen LogP contribution in [0.25, 0.3) is 0 Å². The summed E-state index contributed by atoms with van der Waals surface area (Å²) >= 11 is 3.44. The van der Waals surface area contributed by atoms with Crippen LogP contribution in [0.2, 0.25) is 0 Å². The molecule has 2 aromatic rings. The van der Waals surface area contributed by atoms with Gasteiger partial charge in [0.25, 0.3) is 5.91 Å². The number of carbonyl (C=O) groups excluding carboxylic acids is 1. The number of aryl methyl sites for hydroxylation is 1. The Morgan fingerprint density at radius 2 is 1.96 bits per heavy atom. The van der Waals surface area contributed by atoms with Gasteiger partial charge in [-0.15, -0.1) is 11.3 Å². The van der Waals surface area contributed by atoms with Gasteiger partial charge in [0.15, 0.2) is 0 Å². The van der Waals surface area contributed by atoms with Gasteiger partial charge in [-0.25, -0.2) is 4.98 Å². The summed E-state index contributed by atoms with van der Waals surface area (Å²) in [5.74, 6) is 1.71. The number of thioether (sulfide) groups is 1. The Morgan fingerprint density at radius 3 is 2.60 bits per heavy atom. The Kier molecular flexibility index (Phi) is 6.54. The highest BCUT2D eigenvalue weighted by Crippen LogP contribution is 2.27. The lowest BCUT2D eigenvalue weighted by Crippen LogP contribution is -2.32. The number of aromatic nitrogens is 1. The van der Waals surface area contributed by atoms with Crippen molar-refractivity contribution in [2.45, 2.75) is 49.1 Å². The maximum atomic E-state index is 12.6. The van der Waals surface area contributed by atoms with Gasteiger partial charge in [-0.2, -0.15) is 0 Å². The number of carbonyl (C=O) groups is 1. The first-order valence-corrected chi connectivity index (χ1v) is 10.9. The molecule has 0 aliphatic heterocycles. The van der Waals surface area contributed by atoms with Gasteiger partial charge in [0.2, 0.25) is 0 Å². The van der Waals surface area contributed by atoms with Gasteiger partial charge in [-0.05, 0) is 43.4 Å². The minimum absolute atomic E-state index is 0.139. The third-order valence-electron chi connectivity index (χ3n) is 4.76. The molecule has 3 rings (SSSR count). The molecule has 0 atom stereocenters. The minimum Gasteiger partial charge on any atom is -0.341 e. The van der Waals surface area contributed by atoms with E-state index >= 15 is 0 Å². The Balaban J connectivity index is 1.52. The zero-order valence-electron chi connectivity index (χ0n) is 15.0. The van der Waals surface area contributed by atoms with Crippen LogP contribution in [0.15, 0.2) is 34.0 Å². The zero-order chi connectivity index (χ0) is 17.6. The summed E-state index contributed by atoms with van der Waals surface area (Å²) < 4.78 is 1.10. The molecular formula is C20H26N2OS2. The van der Waals surface area contributed by atoms with Gasteiger partial charge in [0, 0.05) is 36.0 Å². The number of hydrogen-bond donors (Lipinski definition) is 0. The number of benzene rings is 1. The highest BCUT2D eigenvalue weighted by atomic mass is 32.2. The molecule has 1 fully saturated rings. The highest BCUT2D eigenvalue weighted by Gasteiger charge is 2.19. The largest absolute Gasteiger partial charge is 0.341 e. The van der Waals surface area contributed by atoms with E-state index in [1.165, 1.54) is 37.7 Å². The quantitative estimate of drug-likeness (QED) is 0.635. The molecule has 5 heteroatoms. The van der Waals surface area contributed by atoms with Gasteiger partial charge in [-0.1, -0.05) is 43.2 Å². The van der Waals surface area contributed by atoms with Gasteiger partial charge >= 0.3 is 0 Å². The van der Waals surface area contributed by atoms with Crippen molar-refractivity contribution in [1.82, 2.24) is 9.88 Å². The van der Waals surface area contributed by atoms with Crippen LogP contribution in [0, 0.1) is 12.8 Å². The van der Waals surface area contributed by atoms with E-state index in [0.717, 1.165) is 27.9 Å². The molecule has 1 aromatic heterocycles. The van der Waals surface area contributed by atoms with Gasteiger partial charge in [0.05, 0.1) is 0 Å². The summed E-state index contributed by atoms with van der Waals surface area (Å²) in [6, 6.07) is 8.05. The molecule has 1 aliphatic carbocycles. The fourth-order valence-electron chi connectivity index (χ4n) is 3.35. The average molecular weight is 375 g/mol. The monoisotopic (exact) mass is 374 g/mol. The molecule has 134 valence electrons. The first-order chi connectivity index (χ1) is 12.1. The van der Waals surface area contributed by atoms with Crippen molar-refractivity contribution in [3.05, 3.63) is 46.5 Å². The van der Waals surface area contributed by atoms with E-state index in [-0.39, 0.29) is 5.91 Å². The summed E-state index contributed by atoms with van der Waals surface area (Å²) in [5, 5.41) is 2.08. The molecule has 1 saturated carbocycles. The van der Waals surface area contributed by atoms with Gasteiger partial charge in [-0.3, -0.25) is 4.79 Å². The van der Waals surface area contributed by atoms with E-state index in [2.05, 4.69) is 22.5 Å². The van der Waals surface area contributed by atoms with Crippen LogP contribution in [0.4, 0.5) is 0 Å². The predicted octanol–water partition coefficient (Wildman–Crippen LogP) is 5.40. The molecule has 0 saturated heterocycles. The number of amides is 1. The summed E-state index contributed by atoms with van der Waals surface area (Å²) in [6.07, 6.45) is 6.53. The Bertz CT molecular complexity index is 690. The molecule has 1 aliphatic rings. The molecule has 0 unspecified atom stereocenters. The molecule has 1 aromatic carbocycles. The summed E-state index contributed by atoms with van der Waals surface area (Å²) in [7, 11) is 1.94. The van der Waals surface area contributed by atoms with Gasteiger partial charge in [0.1, 0.15) is 4.34 Å². The molecule has 0 bridgehead atoms. The third kappa shape index (κ3) is 5.32. The van der Waals surface area contributed by atoms with E-state index in [0.29, 0.717) is 5.92 Å². The lowest BCUT2D eigenvalue weighted by Gasteiger charge is -2.27. The van der Waals surface area contributed by atoms with Crippen LogP contribution in [-0.4, -0.2) is 29.4 Å². The van der Waals surface area contributed by atoms with E-state index in [1.54, 1.807) is 23.1 Å². The fraction of sp³-hybridized carbons (Fsp3) is 0.500. The second-order valence-corrected chi connectivity index (χ2v) is 9.01. The standard InChI is InChI=1S/C20H26N2OS2/c1-15-13-24-20(21-15)25-14-17-8-10-18(11-9-17)19(23)22(2)12-16-6-4-3-5-7-16/h8-11,13,16H,3-7,12,14H2,1-2H3. The average Bonchev–Trinajstić information content (AvgIpc) is 3.06. The number of hydrogen-bond acceptors (Lipinski definition) is 4. The van der Waals surface area contributed by atoms with Crippen LogP contribution in [-0.2, 0) is 5.75 Å². The summed E-state index contributed by atoms with van der Waals surface area (Å²) in [5.41, 5.74) is 3.09. The minimum atomic E-state index is 0.139. The van der Waals surface area contributed by atoms with Crippen molar-refractivity contribution >= 4 is 29.0 Å². The van der Waals surface area contributed by atoms with E-state index in [4.69, 9.17) is 0 Å². The topological polar surface area (TPSA) is 33.2 Å². The summed E-state index contributed by atoms with van der Waals surface area (Å²) in [6.45, 7) is 2.91. The molecule has 0 spiro atoms. The lowest BCUT2D eigenvalue weighted by atomic mass is 9.89. The third-order valence-corrected chi connectivity index (χ3v) is 6.97. The zero-order valence-corrected chi connectivity index (χ0v) is 16.7. The smallest absolute Gasteiger partial charge is 0.253 e. The van der Waals surface area contributed by atoms with E-state index in [9.17, 15) is 4.79 Å². The number of rotatable bonds is 6. The molecule has 0 N–H and O–H groups in total. The Hall–Kier alpha value is -1.33. The fourth-order valence-corrected chi connectivity index (χ4v) is 5.15. The maximum absolute atomic E-state index is 12.6. The summed E-state index contributed by atoms with van der Waals surface area (Å²) in [4.78, 5) is 19.0. The normalized spacial score (nSPS) is 15.3. The van der Waals surface area contributed by atoms with Crippen LogP contribution in [0.1, 0.15) is 53.7 Å². The SMILES string of the molecule is Cc1csc(SCc2ccc(C(=O)N(C)CC3CCCCC3)cc2)n1. The van der Waals surface area contributed by atoms with E-state index < -0.39 is 0 Å². The van der Waals surface area contributed by atoms with Crippen molar-refractivity contribution in [3.8, 4) is 0 Å². The molecule has 1 heterocycles. The van der Waals surface area contributed by atoms with Crippen LogP contribution < -0.4 is 0 Å².